The molecule has 1 aliphatic rings. The average molecular weight is 321 g/mol. The third-order valence-electron chi connectivity index (χ3n) is 3.97. The molecule has 0 saturated carbocycles. The van der Waals surface area contributed by atoms with Crippen molar-refractivity contribution in [2.75, 3.05) is 18.1 Å². The topological polar surface area (TPSA) is 46.6 Å². The molecule has 0 spiro atoms. The van der Waals surface area contributed by atoms with E-state index < -0.39 is 0 Å². The average Bonchev–Trinajstić information content (AvgIpc) is 2.97. The lowest BCUT2D eigenvalue weighted by Crippen LogP contribution is -2.28. The molecule has 4 heteroatoms. The number of carbonyl (C=O) groups excluding carboxylic acids is 2. The molecule has 0 fully saturated rings. The lowest BCUT2D eigenvalue weighted by atomic mass is 10.0. The highest BCUT2D eigenvalue weighted by Crippen LogP contribution is 2.24. The number of aryl methyl sites for hydroxylation is 1. The third kappa shape index (κ3) is 3.08. The van der Waals surface area contributed by atoms with Crippen LogP contribution in [0.15, 0.2) is 60.2 Å². The van der Waals surface area contributed by atoms with Crippen LogP contribution in [0.3, 0.4) is 0 Å². The van der Waals surface area contributed by atoms with Crippen LogP contribution in [0.25, 0.3) is 0 Å². The number of rotatable bonds is 5. The first-order valence-corrected chi connectivity index (χ1v) is 7.96. The molecule has 1 aliphatic heterocycles. The summed E-state index contributed by atoms with van der Waals surface area (Å²) >= 11 is 0. The van der Waals surface area contributed by atoms with Gasteiger partial charge in [-0.1, -0.05) is 17.7 Å². The van der Waals surface area contributed by atoms with Gasteiger partial charge in [0.2, 0.25) is 0 Å². The summed E-state index contributed by atoms with van der Waals surface area (Å²) in [5, 5.41) is 0. The number of hydrogen-bond donors (Lipinski definition) is 0. The van der Waals surface area contributed by atoms with Crippen molar-refractivity contribution in [2.45, 2.75) is 13.8 Å². The van der Waals surface area contributed by atoms with Gasteiger partial charge in [0.25, 0.3) is 5.91 Å². The van der Waals surface area contributed by atoms with E-state index in [4.69, 9.17) is 4.74 Å². The van der Waals surface area contributed by atoms with Crippen molar-refractivity contribution >= 4 is 17.4 Å². The minimum Gasteiger partial charge on any atom is -0.494 e. The van der Waals surface area contributed by atoms with E-state index in [0.29, 0.717) is 24.5 Å². The van der Waals surface area contributed by atoms with Crippen LogP contribution in [0.4, 0.5) is 5.69 Å². The molecular formula is C20H19NO3. The predicted molar refractivity (Wildman–Crippen MR) is 93.6 cm³/mol. The van der Waals surface area contributed by atoms with Crippen molar-refractivity contribution in [3.8, 4) is 5.75 Å². The van der Waals surface area contributed by atoms with Gasteiger partial charge in [0.1, 0.15) is 5.75 Å². The van der Waals surface area contributed by atoms with E-state index in [1.54, 1.807) is 35.2 Å². The summed E-state index contributed by atoms with van der Waals surface area (Å²) in [5.74, 6) is 0.206. The van der Waals surface area contributed by atoms with Crippen molar-refractivity contribution in [1.29, 1.82) is 0 Å². The summed E-state index contributed by atoms with van der Waals surface area (Å²) in [5.41, 5.74) is 2.64. The largest absolute Gasteiger partial charge is 0.494 e. The molecule has 2 aromatic carbocycles. The SMILES string of the molecule is CCOc1ccc(C(=O)C2=CCN(c3ccc(C)cc3)C2=O)cc1. The van der Waals surface area contributed by atoms with Gasteiger partial charge < -0.3 is 9.64 Å². The summed E-state index contributed by atoms with van der Waals surface area (Å²) < 4.78 is 5.37. The fourth-order valence-electron chi connectivity index (χ4n) is 2.66. The van der Waals surface area contributed by atoms with E-state index in [9.17, 15) is 9.59 Å². The van der Waals surface area contributed by atoms with Crippen LogP contribution in [0.1, 0.15) is 22.8 Å². The van der Waals surface area contributed by atoms with Crippen LogP contribution in [0.2, 0.25) is 0 Å². The second-order valence-electron chi connectivity index (χ2n) is 5.66. The summed E-state index contributed by atoms with van der Waals surface area (Å²) in [7, 11) is 0. The maximum Gasteiger partial charge on any atom is 0.262 e. The molecular weight excluding hydrogens is 302 g/mol. The maximum absolute atomic E-state index is 12.6. The number of hydrogen-bond acceptors (Lipinski definition) is 3. The summed E-state index contributed by atoms with van der Waals surface area (Å²) in [6.45, 7) is 4.89. The van der Waals surface area contributed by atoms with Crippen molar-refractivity contribution < 1.29 is 14.3 Å². The summed E-state index contributed by atoms with van der Waals surface area (Å²) in [6.07, 6.45) is 1.70. The van der Waals surface area contributed by atoms with E-state index in [1.165, 1.54) is 0 Å². The molecule has 0 atom stereocenters. The quantitative estimate of drug-likeness (QED) is 0.625. The monoisotopic (exact) mass is 321 g/mol. The van der Waals surface area contributed by atoms with Crippen molar-refractivity contribution in [1.82, 2.24) is 0 Å². The van der Waals surface area contributed by atoms with Gasteiger partial charge in [-0.2, -0.15) is 0 Å². The molecule has 4 nitrogen and oxygen atoms in total. The van der Waals surface area contributed by atoms with Gasteiger partial charge in [0, 0.05) is 17.8 Å². The molecule has 0 radical (unpaired) electrons. The standard InChI is InChI=1S/C20H19NO3/c1-3-24-17-10-6-15(7-11-17)19(22)18-12-13-21(20(18)23)16-8-4-14(2)5-9-16/h4-12H,3,13H2,1-2H3. The third-order valence-corrected chi connectivity index (χ3v) is 3.97. The second-order valence-corrected chi connectivity index (χ2v) is 5.66. The molecule has 1 amide bonds. The van der Waals surface area contributed by atoms with Crippen LogP contribution in [-0.2, 0) is 4.79 Å². The smallest absolute Gasteiger partial charge is 0.262 e. The van der Waals surface area contributed by atoms with Gasteiger partial charge in [0.15, 0.2) is 5.78 Å². The van der Waals surface area contributed by atoms with E-state index in [0.717, 1.165) is 11.3 Å². The first kappa shape index (κ1) is 16.0. The highest BCUT2D eigenvalue weighted by atomic mass is 16.5. The number of Topliss-reactive ketones (excluding diaryl/α,β-unsaturated/α-hetero) is 1. The predicted octanol–water partition coefficient (Wildman–Crippen LogP) is 3.55. The van der Waals surface area contributed by atoms with E-state index in [1.807, 2.05) is 38.1 Å². The Balaban J connectivity index is 1.76. The zero-order valence-corrected chi connectivity index (χ0v) is 13.8. The Kier molecular flexibility index (Phi) is 4.47. The number of anilines is 1. The molecule has 0 bridgehead atoms. The maximum atomic E-state index is 12.6. The molecule has 2 aromatic rings. The molecule has 0 saturated heterocycles. The Morgan fingerprint density at radius 2 is 1.75 bits per heavy atom. The van der Waals surface area contributed by atoms with Crippen molar-refractivity contribution in [3.05, 3.63) is 71.3 Å². The van der Waals surface area contributed by atoms with Crippen LogP contribution >= 0.6 is 0 Å². The molecule has 0 N–H and O–H groups in total. The second kappa shape index (κ2) is 6.71. The Labute approximate surface area is 141 Å². The fraction of sp³-hybridized carbons (Fsp3) is 0.200. The normalized spacial score (nSPS) is 13.8. The van der Waals surface area contributed by atoms with E-state index >= 15 is 0 Å². The number of carbonyl (C=O) groups is 2. The van der Waals surface area contributed by atoms with Crippen LogP contribution in [0, 0.1) is 6.92 Å². The van der Waals surface area contributed by atoms with Crippen LogP contribution < -0.4 is 9.64 Å². The molecule has 0 aromatic heterocycles. The molecule has 0 aliphatic carbocycles. The fourth-order valence-corrected chi connectivity index (χ4v) is 2.66. The molecule has 3 rings (SSSR count). The Morgan fingerprint density at radius 1 is 1.08 bits per heavy atom. The molecule has 1 heterocycles. The first-order valence-electron chi connectivity index (χ1n) is 7.96. The number of benzene rings is 2. The van der Waals surface area contributed by atoms with Gasteiger partial charge in [0.05, 0.1) is 12.2 Å². The highest BCUT2D eigenvalue weighted by molar-refractivity contribution is 6.30. The highest BCUT2D eigenvalue weighted by Gasteiger charge is 2.30. The summed E-state index contributed by atoms with van der Waals surface area (Å²) in [6, 6.07) is 14.6. The van der Waals surface area contributed by atoms with Crippen LogP contribution in [0.5, 0.6) is 5.75 Å². The number of amides is 1. The minimum atomic E-state index is -0.252. The Bertz CT molecular complexity index is 789. The van der Waals surface area contributed by atoms with E-state index in [-0.39, 0.29) is 17.3 Å². The van der Waals surface area contributed by atoms with Gasteiger partial charge in [-0.05, 0) is 56.3 Å². The Hall–Kier alpha value is -2.88. The number of ketones is 1. The number of ether oxygens (including phenoxy) is 1. The molecule has 0 unspecified atom stereocenters. The van der Waals surface area contributed by atoms with Crippen molar-refractivity contribution in [3.63, 3.8) is 0 Å². The van der Waals surface area contributed by atoms with Gasteiger partial charge in [-0.15, -0.1) is 0 Å². The Morgan fingerprint density at radius 3 is 2.38 bits per heavy atom. The molecule has 24 heavy (non-hydrogen) atoms. The van der Waals surface area contributed by atoms with Gasteiger partial charge in [-0.3, -0.25) is 9.59 Å². The lowest BCUT2D eigenvalue weighted by Gasteiger charge is -2.16. The van der Waals surface area contributed by atoms with Gasteiger partial charge in [-0.25, -0.2) is 0 Å². The minimum absolute atomic E-state index is 0.222. The van der Waals surface area contributed by atoms with Gasteiger partial charge >= 0.3 is 0 Å². The lowest BCUT2D eigenvalue weighted by molar-refractivity contribution is -0.114. The molecule has 122 valence electrons. The zero-order valence-electron chi connectivity index (χ0n) is 13.8. The van der Waals surface area contributed by atoms with Crippen molar-refractivity contribution in [2.24, 2.45) is 0 Å². The zero-order chi connectivity index (χ0) is 17.1. The first-order chi connectivity index (χ1) is 11.6. The summed E-state index contributed by atoms with van der Waals surface area (Å²) in [4.78, 5) is 26.8. The van der Waals surface area contributed by atoms with E-state index in [2.05, 4.69) is 0 Å². The van der Waals surface area contributed by atoms with Crippen LogP contribution in [-0.4, -0.2) is 24.8 Å². The number of nitrogens with zero attached hydrogens (tertiary/aromatic N) is 1.